The molecule has 1 saturated heterocycles. The molecule has 1 aliphatic carbocycles. The van der Waals surface area contributed by atoms with Crippen molar-refractivity contribution in [2.75, 3.05) is 34.4 Å². The molecular weight excluding hydrogens is 550 g/mol. The normalized spacial score (nSPS) is 15.6. The number of rotatable bonds is 11. The zero-order chi connectivity index (χ0) is 31.2. The fourth-order valence-electron chi connectivity index (χ4n) is 6.11. The van der Waals surface area contributed by atoms with Gasteiger partial charge in [0.2, 0.25) is 0 Å². The number of Topliss-reactive ketones (excluding diaryl/α,β-unsaturated/α-hetero) is 1. The molecule has 44 heavy (non-hydrogen) atoms. The summed E-state index contributed by atoms with van der Waals surface area (Å²) in [6.45, 7) is 7.59. The van der Waals surface area contributed by atoms with Gasteiger partial charge >= 0.3 is 0 Å². The van der Waals surface area contributed by atoms with Crippen LogP contribution in [0.25, 0.3) is 22.8 Å². The highest BCUT2D eigenvalue weighted by Gasteiger charge is 2.23. The molecule has 0 bridgehead atoms. The largest absolute Gasteiger partial charge is 0.496 e. The molecule has 0 amide bonds. The quantitative estimate of drug-likeness (QED) is 0.173. The number of carbonyl (C=O) groups is 1. The lowest BCUT2D eigenvalue weighted by atomic mass is 9.86. The van der Waals surface area contributed by atoms with Crippen LogP contribution < -0.4 is 9.47 Å². The zero-order valence-electron chi connectivity index (χ0n) is 26.2. The van der Waals surface area contributed by atoms with Crippen LogP contribution in [0.5, 0.6) is 11.5 Å². The number of ketones is 1. The standard InChI is InChI=1S/C37H41N3O4/c1-6-29(40(3)4)19-24(2)37(41)27-8-10-32(36(22-27)42-5)26-7-11-33-31(13-16-39-34(33)21-26)25-9-12-35(28(20-25)23-38)44-30-14-17-43-18-15-30/h8-10,12-13,16,20-22,29-30H,2,6-7,11,14-15,17-19H2,1,3-5H3. The molecule has 2 heterocycles. The minimum Gasteiger partial charge on any atom is -0.496 e. The number of methoxy groups -OCH3 is 1. The maximum absolute atomic E-state index is 13.2. The molecule has 228 valence electrons. The molecule has 0 N–H and O–H groups in total. The van der Waals surface area contributed by atoms with E-state index in [2.05, 4.69) is 30.5 Å². The Balaban J connectivity index is 1.39. The van der Waals surface area contributed by atoms with E-state index in [1.807, 2.05) is 62.8 Å². The number of nitriles is 1. The third-order valence-corrected chi connectivity index (χ3v) is 8.73. The number of ether oxygens (including phenoxy) is 3. The maximum Gasteiger partial charge on any atom is 0.188 e. The Kier molecular flexibility index (Phi) is 9.94. The van der Waals surface area contributed by atoms with Crippen molar-refractivity contribution in [2.24, 2.45) is 0 Å². The predicted octanol–water partition coefficient (Wildman–Crippen LogP) is 7.14. The molecule has 3 aromatic rings. The van der Waals surface area contributed by atoms with E-state index < -0.39 is 0 Å². The molecular formula is C37H41N3O4. The van der Waals surface area contributed by atoms with Crippen LogP contribution in [-0.4, -0.2) is 62.2 Å². The van der Waals surface area contributed by atoms with Gasteiger partial charge in [-0.1, -0.05) is 31.7 Å². The molecule has 1 aromatic heterocycles. The fourth-order valence-corrected chi connectivity index (χ4v) is 6.11. The highest BCUT2D eigenvalue weighted by molar-refractivity contribution is 6.09. The number of benzene rings is 2. The first-order valence-electron chi connectivity index (χ1n) is 15.4. The van der Waals surface area contributed by atoms with Gasteiger partial charge in [-0.25, -0.2) is 0 Å². The van der Waals surface area contributed by atoms with Crippen molar-refractivity contribution in [2.45, 2.75) is 57.6 Å². The summed E-state index contributed by atoms with van der Waals surface area (Å²) in [5.41, 5.74) is 7.85. The number of aromatic nitrogens is 1. The van der Waals surface area contributed by atoms with Gasteiger partial charge in [0.25, 0.3) is 0 Å². The van der Waals surface area contributed by atoms with E-state index in [4.69, 9.17) is 19.2 Å². The van der Waals surface area contributed by atoms with Crippen molar-refractivity contribution in [1.29, 1.82) is 5.26 Å². The van der Waals surface area contributed by atoms with Crippen LogP contribution in [0.15, 0.2) is 60.8 Å². The Hall–Kier alpha value is -4.25. The fraction of sp³-hybridized carbons (Fsp3) is 0.378. The Labute approximate surface area is 260 Å². The average Bonchev–Trinajstić information content (AvgIpc) is 3.06. The molecule has 2 aromatic carbocycles. The van der Waals surface area contributed by atoms with Gasteiger partial charge in [0.05, 0.1) is 31.6 Å². The van der Waals surface area contributed by atoms with Crippen molar-refractivity contribution in [3.63, 3.8) is 0 Å². The second-order valence-corrected chi connectivity index (χ2v) is 11.7. The number of hydrogen-bond acceptors (Lipinski definition) is 7. The highest BCUT2D eigenvalue weighted by Crippen LogP contribution is 2.39. The van der Waals surface area contributed by atoms with Gasteiger partial charge in [-0.05, 0) is 98.0 Å². The Morgan fingerprint density at radius 2 is 1.91 bits per heavy atom. The van der Waals surface area contributed by atoms with E-state index in [9.17, 15) is 10.1 Å². The van der Waals surface area contributed by atoms with E-state index in [0.717, 1.165) is 65.6 Å². The van der Waals surface area contributed by atoms with Crippen LogP contribution in [0.2, 0.25) is 0 Å². The van der Waals surface area contributed by atoms with Gasteiger partial charge in [0.1, 0.15) is 23.7 Å². The Morgan fingerprint density at radius 3 is 2.61 bits per heavy atom. The minimum absolute atomic E-state index is 0.0506. The van der Waals surface area contributed by atoms with Gasteiger partial charge in [-0.3, -0.25) is 9.78 Å². The first-order chi connectivity index (χ1) is 21.3. The molecule has 7 nitrogen and oxygen atoms in total. The number of fused-ring (bicyclic) bond motifs is 1. The van der Waals surface area contributed by atoms with Crippen LogP contribution in [-0.2, 0) is 11.2 Å². The molecule has 1 aliphatic heterocycles. The molecule has 2 aliphatic rings. The second kappa shape index (κ2) is 14.0. The molecule has 1 unspecified atom stereocenters. The van der Waals surface area contributed by atoms with Gasteiger partial charge in [0, 0.05) is 36.2 Å². The lowest BCUT2D eigenvalue weighted by molar-refractivity contribution is 0.0254. The summed E-state index contributed by atoms with van der Waals surface area (Å²) < 4.78 is 17.4. The molecule has 1 fully saturated rings. The summed E-state index contributed by atoms with van der Waals surface area (Å²) in [7, 11) is 5.69. The summed E-state index contributed by atoms with van der Waals surface area (Å²) in [5.74, 6) is 1.23. The topological polar surface area (TPSA) is 84.7 Å². The monoisotopic (exact) mass is 591 g/mol. The van der Waals surface area contributed by atoms with Gasteiger partial charge in [-0.2, -0.15) is 5.26 Å². The maximum atomic E-state index is 13.2. The van der Waals surface area contributed by atoms with Crippen LogP contribution in [0, 0.1) is 11.3 Å². The first-order valence-corrected chi connectivity index (χ1v) is 15.4. The highest BCUT2D eigenvalue weighted by atomic mass is 16.5. The molecule has 5 rings (SSSR count). The van der Waals surface area contributed by atoms with Gasteiger partial charge in [0.15, 0.2) is 5.78 Å². The van der Waals surface area contributed by atoms with Gasteiger partial charge < -0.3 is 19.1 Å². The number of nitrogens with zero attached hydrogens (tertiary/aromatic N) is 3. The van der Waals surface area contributed by atoms with Crippen LogP contribution in [0.4, 0.5) is 0 Å². The SMILES string of the molecule is C=C(CC(CC)N(C)C)C(=O)c1ccc(C2=Cc3nccc(-c4ccc(OC5CCOCC5)c(C#N)c4)c3CC2)c(OC)c1. The van der Waals surface area contributed by atoms with Crippen molar-refractivity contribution in [3.8, 4) is 28.7 Å². The van der Waals surface area contributed by atoms with Crippen LogP contribution in [0.1, 0.15) is 71.8 Å². The van der Waals surface area contributed by atoms with Crippen molar-refractivity contribution < 1.29 is 19.0 Å². The van der Waals surface area contributed by atoms with E-state index in [1.165, 1.54) is 0 Å². The van der Waals surface area contributed by atoms with Crippen molar-refractivity contribution in [1.82, 2.24) is 9.88 Å². The van der Waals surface area contributed by atoms with Crippen molar-refractivity contribution >= 4 is 17.4 Å². The lowest BCUT2D eigenvalue weighted by Crippen LogP contribution is -2.28. The number of pyridine rings is 1. The van der Waals surface area contributed by atoms with E-state index >= 15 is 0 Å². The summed E-state index contributed by atoms with van der Waals surface area (Å²) in [4.78, 5) is 20.1. The first kappa shape index (κ1) is 31.2. The van der Waals surface area contributed by atoms with Crippen molar-refractivity contribution in [3.05, 3.63) is 88.8 Å². The van der Waals surface area contributed by atoms with E-state index in [-0.39, 0.29) is 17.9 Å². The van der Waals surface area contributed by atoms with E-state index in [1.54, 1.807) is 7.11 Å². The molecule has 7 heteroatoms. The van der Waals surface area contributed by atoms with E-state index in [0.29, 0.717) is 47.8 Å². The number of allylic oxidation sites excluding steroid dienone is 1. The summed E-state index contributed by atoms with van der Waals surface area (Å²) >= 11 is 0. The Bertz CT molecular complexity index is 1610. The zero-order valence-corrected chi connectivity index (χ0v) is 26.2. The predicted molar refractivity (Wildman–Crippen MR) is 174 cm³/mol. The average molecular weight is 592 g/mol. The van der Waals surface area contributed by atoms with Crippen LogP contribution in [0.3, 0.4) is 0 Å². The number of carbonyl (C=O) groups excluding carboxylic acids is 1. The van der Waals surface area contributed by atoms with Gasteiger partial charge in [-0.15, -0.1) is 0 Å². The summed E-state index contributed by atoms with van der Waals surface area (Å²) in [5, 5.41) is 9.91. The third kappa shape index (κ3) is 6.77. The molecule has 0 radical (unpaired) electrons. The third-order valence-electron chi connectivity index (χ3n) is 8.73. The second-order valence-electron chi connectivity index (χ2n) is 11.7. The smallest absolute Gasteiger partial charge is 0.188 e. The number of hydrogen-bond donors (Lipinski definition) is 0. The minimum atomic E-state index is -0.0506. The Morgan fingerprint density at radius 1 is 1.11 bits per heavy atom. The summed E-state index contributed by atoms with van der Waals surface area (Å²) in [6.07, 6.45) is 8.80. The lowest BCUT2D eigenvalue weighted by Gasteiger charge is -2.24. The molecule has 0 saturated carbocycles. The molecule has 0 spiro atoms. The van der Waals surface area contributed by atoms with Crippen LogP contribution >= 0.6 is 0 Å². The molecule has 1 atom stereocenters. The summed E-state index contributed by atoms with van der Waals surface area (Å²) in [6, 6.07) is 16.1.